The molecule has 0 aromatic carbocycles. The molecule has 6 nitrogen and oxygen atoms in total. The van der Waals surface area contributed by atoms with E-state index in [4.69, 9.17) is 5.26 Å². The van der Waals surface area contributed by atoms with Gasteiger partial charge in [-0.15, -0.1) is 0 Å². The van der Waals surface area contributed by atoms with Gasteiger partial charge in [0.15, 0.2) is 5.03 Å². The van der Waals surface area contributed by atoms with E-state index in [0.717, 1.165) is 0 Å². The number of nitriles is 1. The minimum Gasteiger partial charge on any atom is -0.314 e. The first-order chi connectivity index (χ1) is 8.16. The molecule has 90 valence electrons. The SMILES string of the molecule is N#Cc1cccnc1S(=O)(=O)N1CCNCC1. The second kappa shape index (κ2) is 4.79. The molecule has 0 radical (unpaired) electrons. The number of nitrogens with one attached hydrogen (secondary N) is 1. The van der Waals surface area contributed by atoms with Gasteiger partial charge in [0.1, 0.15) is 6.07 Å². The van der Waals surface area contributed by atoms with E-state index >= 15 is 0 Å². The normalized spacial score (nSPS) is 17.6. The third-order valence-electron chi connectivity index (χ3n) is 2.55. The van der Waals surface area contributed by atoms with Crippen molar-refractivity contribution in [2.45, 2.75) is 5.03 Å². The maximum Gasteiger partial charge on any atom is 0.261 e. The highest BCUT2D eigenvalue weighted by molar-refractivity contribution is 7.89. The zero-order valence-corrected chi connectivity index (χ0v) is 9.94. The van der Waals surface area contributed by atoms with E-state index in [1.54, 1.807) is 6.07 Å². The topological polar surface area (TPSA) is 86.1 Å². The first-order valence-corrected chi connectivity index (χ1v) is 6.66. The Morgan fingerprint density at radius 2 is 2.12 bits per heavy atom. The maximum absolute atomic E-state index is 12.3. The van der Waals surface area contributed by atoms with E-state index in [1.165, 1.54) is 16.6 Å². The van der Waals surface area contributed by atoms with Crippen LogP contribution in [0.5, 0.6) is 0 Å². The van der Waals surface area contributed by atoms with Crippen LogP contribution in [0.3, 0.4) is 0 Å². The molecule has 0 amide bonds. The average molecular weight is 252 g/mol. The summed E-state index contributed by atoms with van der Waals surface area (Å²) in [5, 5.41) is 11.8. The van der Waals surface area contributed by atoms with Crippen LogP contribution in [-0.4, -0.2) is 43.9 Å². The van der Waals surface area contributed by atoms with Crippen LogP contribution in [0.25, 0.3) is 0 Å². The largest absolute Gasteiger partial charge is 0.314 e. The van der Waals surface area contributed by atoms with Crippen LogP contribution in [0.4, 0.5) is 0 Å². The Labute approximate surface area is 99.9 Å². The average Bonchev–Trinajstić information content (AvgIpc) is 2.39. The van der Waals surface area contributed by atoms with Gasteiger partial charge in [0, 0.05) is 32.4 Å². The lowest BCUT2D eigenvalue weighted by Gasteiger charge is -2.26. The second-order valence-electron chi connectivity index (χ2n) is 3.62. The van der Waals surface area contributed by atoms with Crippen LogP contribution in [-0.2, 0) is 10.0 Å². The van der Waals surface area contributed by atoms with Gasteiger partial charge in [-0.3, -0.25) is 0 Å². The van der Waals surface area contributed by atoms with Gasteiger partial charge in [0.2, 0.25) is 0 Å². The first-order valence-electron chi connectivity index (χ1n) is 5.22. The molecule has 7 heteroatoms. The smallest absolute Gasteiger partial charge is 0.261 e. The van der Waals surface area contributed by atoms with E-state index in [9.17, 15) is 8.42 Å². The van der Waals surface area contributed by atoms with Gasteiger partial charge < -0.3 is 5.32 Å². The predicted octanol–water partition coefficient (Wildman–Crippen LogP) is -0.453. The highest BCUT2D eigenvalue weighted by Crippen LogP contribution is 2.17. The van der Waals surface area contributed by atoms with Crippen molar-refractivity contribution in [2.75, 3.05) is 26.2 Å². The second-order valence-corrected chi connectivity index (χ2v) is 5.48. The van der Waals surface area contributed by atoms with Crippen molar-refractivity contribution in [3.8, 4) is 6.07 Å². The molecule has 17 heavy (non-hydrogen) atoms. The Bertz CT molecular complexity index is 544. The van der Waals surface area contributed by atoms with E-state index < -0.39 is 10.0 Å². The molecule has 1 N–H and O–H groups in total. The van der Waals surface area contributed by atoms with Crippen LogP contribution in [0.1, 0.15) is 5.56 Å². The van der Waals surface area contributed by atoms with Gasteiger partial charge in [0.25, 0.3) is 10.0 Å². The van der Waals surface area contributed by atoms with Crippen molar-refractivity contribution in [1.82, 2.24) is 14.6 Å². The van der Waals surface area contributed by atoms with E-state index in [0.29, 0.717) is 26.2 Å². The van der Waals surface area contributed by atoms with Gasteiger partial charge in [-0.05, 0) is 12.1 Å². The molecule has 2 heterocycles. The van der Waals surface area contributed by atoms with Crippen LogP contribution in [0.15, 0.2) is 23.4 Å². The fourth-order valence-corrected chi connectivity index (χ4v) is 3.18. The molecular formula is C10H12N4O2S. The Hall–Kier alpha value is -1.49. The molecular weight excluding hydrogens is 240 g/mol. The Morgan fingerprint density at radius 3 is 2.76 bits per heavy atom. The van der Waals surface area contributed by atoms with Crippen LogP contribution < -0.4 is 5.32 Å². The molecule has 1 saturated heterocycles. The number of aromatic nitrogens is 1. The zero-order chi connectivity index (χ0) is 12.3. The number of nitrogens with zero attached hydrogens (tertiary/aromatic N) is 3. The number of hydrogen-bond acceptors (Lipinski definition) is 5. The van der Waals surface area contributed by atoms with Crippen molar-refractivity contribution in [1.29, 1.82) is 5.26 Å². The summed E-state index contributed by atoms with van der Waals surface area (Å²) in [7, 11) is -3.65. The summed E-state index contributed by atoms with van der Waals surface area (Å²) in [5.74, 6) is 0. The maximum atomic E-state index is 12.3. The fourth-order valence-electron chi connectivity index (χ4n) is 1.69. The molecule has 1 fully saturated rings. The van der Waals surface area contributed by atoms with E-state index in [2.05, 4.69) is 10.3 Å². The number of rotatable bonds is 2. The van der Waals surface area contributed by atoms with E-state index in [-0.39, 0.29) is 10.6 Å². The lowest BCUT2D eigenvalue weighted by Crippen LogP contribution is -2.46. The van der Waals surface area contributed by atoms with Crippen LogP contribution in [0, 0.1) is 11.3 Å². The number of pyridine rings is 1. The molecule has 0 bridgehead atoms. The summed E-state index contributed by atoms with van der Waals surface area (Å²) in [4.78, 5) is 3.82. The number of hydrogen-bond donors (Lipinski definition) is 1. The van der Waals surface area contributed by atoms with Crippen LogP contribution in [0.2, 0.25) is 0 Å². The zero-order valence-electron chi connectivity index (χ0n) is 9.13. The van der Waals surface area contributed by atoms with Gasteiger partial charge in [-0.1, -0.05) is 0 Å². The number of sulfonamides is 1. The lowest BCUT2D eigenvalue weighted by atomic mass is 10.3. The van der Waals surface area contributed by atoms with Crippen molar-refractivity contribution < 1.29 is 8.42 Å². The van der Waals surface area contributed by atoms with Gasteiger partial charge in [-0.2, -0.15) is 9.57 Å². The summed E-state index contributed by atoms with van der Waals surface area (Å²) in [6.45, 7) is 2.05. The Morgan fingerprint density at radius 1 is 1.41 bits per heavy atom. The summed E-state index contributed by atoms with van der Waals surface area (Å²) in [6, 6.07) is 4.87. The third-order valence-corrected chi connectivity index (χ3v) is 4.41. The minimum absolute atomic E-state index is 0.0889. The van der Waals surface area contributed by atoms with Crippen molar-refractivity contribution in [3.63, 3.8) is 0 Å². The first kappa shape index (κ1) is 12.0. The van der Waals surface area contributed by atoms with Crippen LogP contribution >= 0.6 is 0 Å². The lowest BCUT2D eigenvalue weighted by molar-refractivity contribution is 0.359. The molecule has 2 rings (SSSR count). The quantitative estimate of drug-likeness (QED) is 0.770. The minimum atomic E-state index is -3.65. The highest BCUT2D eigenvalue weighted by Gasteiger charge is 2.29. The summed E-state index contributed by atoms with van der Waals surface area (Å²) >= 11 is 0. The van der Waals surface area contributed by atoms with Gasteiger partial charge in [-0.25, -0.2) is 13.4 Å². The molecule has 0 saturated carbocycles. The Balaban J connectivity index is 2.41. The molecule has 1 aromatic heterocycles. The Kier molecular flexibility index (Phi) is 3.38. The summed E-state index contributed by atoms with van der Waals surface area (Å²) in [5.41, 5.74) is 0.0889. The van der Waals surface area contributed by atoms with Gasteiger partial charge in [0.05, 0.1) is 5.56 Å². The molecule has 1 aromatic rings. The molecule has 0 unspecified atom stereocenters. The van der Waals surface area contributed by atoms with Crippen molar-refractivity contribution in [2.24, 2.45) is 0 Å². The monoisotopic (exact) mass is 252 g/mol. The molecule has 0 spiro atoms. The summed E-state index contributed by atoms with van der Waals surface area (Å²) < 4.78 is 25.9. The highest BCUT2D eigenvalue weighted by atomic mass is 32.2. The van der Waals surface area contributed by atoms with Crippen molar-refractivity contribution in [3.05, 3.63) is 23.9 Å². The third kappa shape index (κ3) is 2.29. The van der Waals surface area contributed by atoms with E-state index in [1.807, 2.05) is 6.07 Å². The molecule has 1 aliphatic rings. The molecule has 1 aliphatic heterocycles. The fraction of sp³-hybridized carbons (Fsp3) is 0.400. The molecule has 0 aliphatic carbocycles. The van der Waals surface area contributed by atoms with Crippen molar-refractivity contribution >= 4 is 10.0 Å². The number of piperazine rings is 1. The molecule has 0 atom stereocenters. The van der Waals surface area contributed by atoms with Gasteiger partial charge >= 0.3 is 0 Å². The standard InChI is InChI=1S/C10H12N4O2S/c11-8-9-2-1-3-13-10(9)17(15,16)14-6-4-12-5-7-14/h1-3,12H,4-7H2. The predicted molar refractivity (Wildman–Crippen MR) is 60.6 cm³/mol. The summed E-state index contributed by atoms with van der Waals surface area (Å²) in [6.07, 6.45) is 1.38.